The van der Waals surface area contributed by atoms with Crippen LogP contribution in [0.4, 0.5) is 0 Å². The van der Waals surface area contributed by atoms with Gasteiger partial charge in [-0.25, -0.2) is 9.78 Å². The van der Waals surface area contributed by atoms with Crippen LogP contribution >= 0.6 is 0 Å². The summed E-state index contributed by atoms with van der Waals surface area (Å²) in [6.45, 7) is 1.95. The third kappa shape index (κ3) is 1.91. The van der Waals surface area contributed by atoms with Gasteiger partial charge in [0.2, 0.25) is 5.76 Å². The molecule has 1 aliphatic carbocycles. The van der Waals surface area contributed by atoms with Gasteiger partial charge in [-0.3, -0.25) is 4.79 Å². The number of aromatic nitrogens is 1. The Bertz CT molecular complexity index is 392. The van der Waals surface area contributed by atoms with Crippen molar-refractivity contribution in [2.75, 3.05) is 6.61 Å². The number of aldehydes is 1. The summed E-state index contributed by atoms with van der Waals surface area (Å²) >= 11 is 0. The summed E-state index contributed by atoms with van der Waals surface area (Å²) in [5.74, 6) is 0.109. The first-order valence-corrected chi connectivity index (χ1v) is 4.89. The number of esters is 1. The van der Waals surface area contributed by atoms with E-state index in [1.54, 1.807) is 6.92 Å². The first-order valence-electron chi connectivity index (χ1n) is 4.89. The van der Waals surface area contributed by atoms with E-state index in [1.165, 1.54) is 0 Å². The van der Waals surface area contributed by atoms with E-state index in [2.05, 4.69) is 4.98 Å². The fourth-order valence-electron chi connectivity index (χ4n) is 1.28. The van der Waals surface area contributed by atoms with Crippen LogP contribution in [0.25, 0.3) is 0 Å². The molecule has 1 aromatic heterocycles. The molecule has 1 saturated carbocycles. The molecule has 5 nitrogen and oxygen atoms in total. The molecule has 0 spiro atoms. The first-order chi connectivity index (χ1) is 7.26. The van der Waals surface area contributed by atoms with Gasteiger partial charge in [0.05, 0.1) is 6.61 Å². The number of nitrogens with zero attached hydrogens (tertiary/aromatic N) is 1. The van der Waals surface area contributed by atoms with E-state index in [0.29, 0.717) is 12.2 Å². The van der Waals surface area contributed by atoms with Crippen LogP contribution in [0.2, 0.25) is 0 Å². The van der Waals surface area contributed by atoms with Crippen LogP contribution in [0.3, 0.4) is 0 Å². The monoisotopic (exact) mass is 209 g/mol. The number of oxazole rings is 1. The van der Waals surface area contributed by atoms with Gasteiger partial charge in [0, 0.05) is 5.92 Å². The molecular formula is C10H11NO4. The Kier molecular flexibility index (Phi) is 2.53. The summed E-state index contributed by atoms with van der Waals surface area (Å²) in [5, 5.41) is 0. The molecule has 0 amide bonds. The Balaban J connectivity index is 2.27. The topological polar surface area (TPSA) is 69.4 Å². The molecule has 15 heavy (non-hydrogen) atoms. The summed E-state index contributed by atoms with van der Waals surface area (Å²) in [6.07, 6.45) is 2.49. The van der Waals surface area contributed by atoms with Gasteiger partial charge in [0.1, 0.15) is 0 Å². The van der Waals surface area contributed by atoms with Crippen molar-refractivity contribution in [2.45, 2.75) is 25.7 Å². The molecule has 1 fully saturated rings. The summed E-state index contributed by atoms with van der Waals surface area (Å²) in [6, 6.07) is 0. The highest BCUT2D eigenvalue weighted by Crippen LogP contribution is 2.39. The first kappa shape index (κ1) is 9.89. The molecular weight excluding hydrogens is 198 g/mol. The van der Waals surface area contributed by atoms with Gasteiger partial charge in [-0.1, -0.05) is 0 Å². The maximum absolute atomic E-state index is 11.4. The predicted octanol–water partition coefficient (Wildman–Crippen LogP) is 1.54. The van der Waals surface area contributed by atoms with Crippen molar-refractivity contribution in [3.8, 4) is 0 Å². The molecule has 0 saturated heterocycles. The summed E-state index contributed by atoms with van der Waals surface area (Å²) in [7, 11) is 0. The number of hydrogen-bond acceptors (Lipinski definition) is 5. The number of carbonyl (C=O) groups is 2. The molecule has 80 valence electrons. The van der Waals surface area contributed by atoms with Crippen molar-refractivity contribution in [3.63, 3.8) is 0 Å². The number of carbonyl (C=O) groups excluding carboxylic acids is 2. The molecule has 2 rings (SSSR count). The van der Waals surface area contributed by atoms with Gasteiger partial charge in [-0.2, -0.15) is 0 Å². The van der Waals surface area contributed by atoms with Crippen molar-refractivity contribution >= 4 is 12.3 Å². The maximum Gasteiger partial charge on any atom is 0.361 e. The van der Waals surface area contributed by atoms with Gasteiger partial charge in [-0.05, 0) is 19.8 Å². The average Bonchev–Trinajstić information content (AvgIpc) is 2.98. The van der Waals surface area contributed by atoms with Crippen molar-refractivity contribution in [2.24, 2.45) is 0 Å². The Labute approximate surface area is 86.4 Å². The third-order valence-electron chi connectivity index (χ3n) is 2.17. The lowest BCUT2D eigenvalue weighted by Crippen LogP contribution is -2.07. The van der Waals surface area contributed by atoms with Crippen molar-refractivity contribution in [3.05, 3.63) is 17.3 Å². The van der Waals surface area contributed by atoms with Gasteiger partial charge in [0.25, 0.3) is 0 Å². The fourth-order valence-corrected chi connectivity index (χ4v) is 1.28. The van der Waals surface area contributed by atoms with Crippen molar-refractivity contribution in [1.29, 1.82) is 0 Å². The lowest BCUT2D eigenvalue weighted by atomic mass is 10.3. The molecule has 1 heterocycles. The Morgan fingerprint density at radius 1 is 1.67 bits per heavy atom. The molecule has 0 bridgehead atoms. The summed E-state index contributed by atoms with van der Waals surface area (Å²) in [4.78, 5) is 26.0. The molecule has 0 unspecified atom stereocenters. The van der Waals surface area contributed by atoms with Crippen LogP contribution < -0.4 is 0 Å². The molecule has 0 radical (unpaired) electrons. The normalized spacial score (nSPS) is 15.0. The Morgan fingerprint density at radius 3 is 2.93 bits per heavy atom. The smallest absolute Gasteiger partial charge is 0.361 e. The lowest BCUT2D eigenvalue weighted by Gasteiger charge is -1.96. The molecule has 0 N–H and O–H groups in total. The van der Waals surface area contributed by atoms with E-state index in [-0.39, 0.29) is 24.0 Å². The number of ether oxygens (including phenoxy) is 1. The predicted molar refractivity (Wildman–Crippen MR) is 49.8 cm³/mol. The SMILES string of the molecule is CCOC(=O)c1nc(C2CC2)oc1C=O. The van der Waals surface area contributed by atoms with Crippen LogP contribution in [0.15, 0.2) is 4.42 Å². The van der Waals surface area contributed by atoms with E-state index in [9.17, 15) is 9.59 Å². The van der Waals surface area contributed by atoms with Gasteiger partial charge in [-0.15, -0.1) is 0 Å². The molecule has 1 aromatic rings. The molecule has 5 heteroatoms. The van der Waals surface area contributed by atoms with E-state index < -0.39 is 5.97 Å². The average molecular weight is 209 g/mol. The maximum atomic E-state index is 11.4. The van der Waals surface area contributed by atoms with Crippen LogP contribution in [0, 0.1) is 0 Å². The second-order valence-corrected chi connectivity index (χ2v) is 3.38. The Morgan fingerprint density at radius 2 is 2.40 bits per heavy atom. The molecule has 0 aromatic carbocycles. The van der Waals surface area contributed by atoms with Gasteiger partial charge >= 0.3 is 5.97 Å². The second kappa shape index (κ2) is 3.84. The molecule has 0 atom stereocenters. The zero-order valence-corrected chi connectivity index (χ0v) is 8.36. The van der Waals surface area contributed by atoms with E-state index >= 15 is 0 Å². The second-order valence-electron chi connectivity index (χ2n) is 3.38. The minimum atomic E-state index is -0.602. The fraction of sp³-hybridized carbons (Fsp3) is 0.500. The number of rotatable bonds is 4. The van der Waals surface area contributed by atoms with E-state index in [4.69, 9.17) is 9.15 Å². The summed E-state index contributed by atoms with van der Waals surface area (Å²) in [5.41, 5.74) is -0.00579. The van der Waals surface area contributed by atoms with E-state index in [0.717, 1.165) is 12.8 Å². The van der Waals surface area contributed by atoms with Crippen LogP contribution in [0.1, 0.15) is 52.6 Å². The van der Waals surface area contributed by atoms with Crippen LogP contribution in [-0.2, 0) is 4.74 Å². The zero-order valence-electron chi connectivity index (χ0n) is 8.36. The minimum Gasteiger partial charge on any atom is -0.461 e. The third-order valence-corrected chi connectivity index (χ3v) is 2.17. The lowest BCUT2D eigenvalue weighted by molar-refractivity contribution is 0.0516. The van der Waals surface area contributed by atoms with Crippen LogP contribution in [0.5, 0.6) is 0 Å². The summed E-state index contributed by atoms with van der Waals surface area (Å²) < 4.78 is 9.94. The largest absolute Gasteiger partial charge is 0.461 e. The Hall–Kier alpha value is -1.65. The molecule has 1 aliphatic rings. The molecule has 0 aliphatic heterocycles. The highest BCUT2D eigenvalue weighted by molar-refractivity contribution is 5.94. The number of hydrogen-bond donors (Lipinski definition) is 0. The highest BCUT2D eigenvalue weighted by Gasteiger charge is 2.32. The zero-order chi connectivity index (χ0) is 10.8. The quantitative estimate of drug-likeness (QED) is 0.555. The van der Waals surface area contributed by atoms with E-state index in [1.807, 2.05) is 0 Å². The van der Waals surface area contributed by atoms with Crippen molar-refractivity contribution < 1.29 is 18.7 Å². The van der Waals surface area contributed by atoms with Gasteiger partial charge < -0.3 is 9.15 Å². The van der Waals surface area contributed by atoms with Crippen LogP contribution in [-0.4, -0.2) is 23.8 Å². The standard InChI is InChI=1S/C10H11NO4/c1-2-14-10(13)8-7(5-12)15-9(11-8)6-3-4-6/h5-6H,2-4H2,1H3. The van der Waals surface area contributed by atoms with Gasteiger partial charge in [0.15, 0.2) is 17.9 Å². The highest BCUT2D eigenvalue weighted by atomic mass is 16.5. The van der Waals surface area contributed by atoms with Crippen molar-refractivity contribution in [1.82, 2.24) is 4.98 Å². The minimum absolute atomic E-state index is 0.00579.